The minimum absolute atomic E-state index is 0.00856. The van der Waals surface area contributed by atoms with Crippen LogP contribution in [0.1, 0.15) is 33.5 Å². The Kier molecular flexibility index (Phi) is 1.76. The number of imidazole rings is 1. The molecular formula is C12H8N4OS. The van der Waals surface area contributed by atoms with Crippen molar-refractivity contribution < 1.29 is 4.79 Å². The first-order chi connectivity index (χ1) is 8.81. The van der Waals surface area contributed by atoms with E-state index in [1.807, 2.05) is 20.9 Å². The first-order valence-corrected chi connectivity index (χ1v) is 6.55. The van der Waals surface area contributed by atoms with Gasteiger partial charge < -0.3 is 4.90 Å². The molecule has 6 heteroatoms. The average molecular weight is 256 g/mol. The second-order valence-electron chi connectivity index (χ2n) is 4.40. The Morgan fingerprint density at radius 1 is 1.56 bits per heavy atom. The summed E-state index contributed by atoms with van der Waals surface area (Å²) in [6.07, 6.45) is 2.55. The summed E-state index contributed by atoms with van der Waals surface area (Å²) in [7, 11) is 0. The molecule has 88 valence electrons. The predicted octanol–water partition coefficient (Wildman–Crippen LogP) is 1.71. The van der Waals surface area contributed by atoms with Crippen molar-refractivity contribution in [3.05, 3.63) is 34.0 Å². The van der Waals surface area contributed by atoms with Gasteiger partial charge in [0, 0.05) is 6.54 Å². The Labute approximate surface area is 107 Å². The van der Waals surface area contributed by atoms with Crippen LogP contribution >= 0.6 is 11.3 Å². The van der Waals surface area contributed by atoms with Gasteiger partial charge in [-0.15, -0.1) is 11.3 Å². The number of carbonyl (C=O) groups is 1. The van der Waals surface area contributed by atoms with E-state index in [9.17, 15) is 4.79 Å². The molecule has 2 aliphatic heterocycles. The number of amides is 1. The maximum Gasteiger partial charge on any atom is 0.266 e. The fourth-order valence-corrected chi connectivity index (χ4v) is 3.49. The van der Waals surface area contributed by atoms with Crippen LogP contribution in [0.2, 0.25) is 0 Å². The minimum atomic E-state index is 0.00856. The van der Waals surface area contributed by atoms with Gasteiger partial charge in [0.25, 0.3) is 5.91 Å². The van der Waals surface area contributed by atoms with Gasteiger partial charge in [-0.3, -0.25) is 9.36 Å². The van der Waals surface area contributed by atoms with E-state index in [2.05, 4.69) is 11.1 Å². The van der Waals surface area contributed by atoms with E-state index in [1.165, 1.54) is 11.3 Å². The Balaban J connectivity index is 2.06. The molecule has 0 spiro atoms. The van der Waals surface area contributed by atoms with Crippen LogP contribution in [0.5, 0.6) is 0 Å². The molecule has 5 nitrogen and oxygen atoms in total. The highest BCUT2D eigenvalue weighted by Crippen LogP contribution is 2.41. The van der Waals surface area contributed by atoms with Gasteiger partial charge in [0.1, 0.15) is 17.3 Å². The lowest BCUT2D eigenvalue weighted by Gasteiger charge is -2.39. The quantitative estimate of drug-likeness (QED) is 0.720. The van der Waals surface area contributed by atoms with Gasteiger partial charge in [-0.1, -0.05) is 0 Å². The standard InChI is InChI=1S/C12H8N4OS/c13-5-7-10-8-1-3-15(8)12(17)11-9(2-4-18-11)16(10)6-14-7/h2,4,6,8H,1,3H2/t8-/m0/s1. The van der Waals surface area contributed by atoms with Gasteiger partial charge in [-0.25, -0.2) is 4.98 Å². The first kappa shape index (κ1) is 9.85. The molecule has 4 heterocycles. The highest BCUT2D eigenvalue weighted by Gasteiger charge is 2.42. The van der Waals surface area contributed by atoms with E-state index in [1.54, 1.807) is 6.33 Å². The number of thiophene rings is 1. The van der Waals surface area contributed by atoms with E-state index >= 15 is 0 Å². The Bertz CT molecular complexity index is 708. The summed E-state index contributed by atoms with van der Waals surface area (Å²) in [5, 5.41) is 11.0. The van der Waals surface area contributed by atoms with E-state index in [0.29, 0.717) is 5.69 Å². The Morgan fingerprint density at radius 3 is 3.17 bits per heavy atom. The molecule has 2 aromatic rings. The van der Waals surface area contributed by atoms with Crippen LogP contribution in [0.4, 0.5) is 0 Å². The highest BCUT2D eigenvalue weighted by atomic mass is 32.1. The van der Waals surface area contributed by atoms with Crippen LogP contribution in [0, 0.1) is 11.3 Å². The number of fused-ring (bicyclic) bond motifs is 5. The van der Waals surface area contributed by atoms with E-state index in [0.717, 1.165) is 29.2 Å². The summed E-state index contributed by atoms with van der Waals surface area (Å²) in [6.45, 7) is 0.761. The first-order valence-electron chi connectivity index (χ1n) is 5.67. The van der Waals surface area contributed by atoms with Crippen molar-refractivity contribution in [2.45, 2.75) is 12.5 Å². The monoisotopic (exact) mass is 256 g/mol. The SMILES string of the molecule is N#Cc1ncn2c1[C@@H]1CCN1C(=O)c1sccc1-2. The number of carbonyl (C=O) groups excluding carboxylic acids is 1. The van der Waals surface area contributed by atoms with Gasteiger partial charge >= 0.3 is 0 Å². The van der Waals surface area contributed by atoms with Crippen LogP contribution in [-0.2, 0) is 0 Å². The molecule has 4 rings (SSSR count). The summed E-state index contributed by atoms with van der Waals surface area (Å²) in [4.78, 5) is 19.1. The molecule has 18 heavy (non-hydrogen) atoms. The summed E-state index contributed by atoms with van der Waals surface area (Å²) >= 11 is 1.44. The molecule has 0 unspecified atom stereocenters. The number of hydrogen-bond donors (Lipinski definition) is 0. The molecule has 0 saturated carbocycles. The van der Waals surface area contributed by atoms with E-state index in [-0.39, 0.29) is 11.9 Å². The number of hydrogen-bond acceptors (Lipinski definition) is 4. The normalized spacial score (nSPS) is 20.3. The highest BCUT2D eigenvalue weighted by molar-refractivity contribution is 7.12. The molecule has 2 aromatic heterocycles. The second-order valence-corrected chi connectivity index (χ2v) is 5.31. The number of aromatic nitrogens is 2. The molecule has 0 aromatic carbocycles. The van der Waals surface area contributed by atoms with Crippen molar-refractivity contribution in [3.63, 3.8) is 0 Å². The molecular weight excluding hydrogens is 248 g/mol. The van der Waals surface area contributed by atoms with Crippen molar-refractivity contribution in [2.75, 3.05) is 6.54 Å². The van der Waals surface area contributed by atoms with Gasteiger partial charge in [0.05, 0.1) is 17.4 Å². The van der Waals surface area contributed by atoms with Crippen LogP contribution in [0.3, 0.4) is 0 Å². The third-order valence-electron chi connectivity index (χ3n) is 3.60. The van der Waals surface area contributed by atoms with Crippen LogP contribution < -0.4 is 0 Å². The van der Waals surface area contributed by atoms with Crippen molar-refractivity contribution in [3.8, 4) is 11.8 Å². The van der Waals surface area contributed by atoms with Gasteiger partial charge in [-0.2, -0.15) is 5.26 Å². The molecule has 2 aliphatic rings. The number of rotatable bonds is 0. The van der Waals surface area contributed by atoms with Crippen LogP contribution in [-0.4, -0.2) is 26.9 Å². The fraction of sp³-hybridized carbons (Fsp3) is 0.250. The Hall–Kier alpha value is -2.13. The van der Waals surface area contributed by atoms with Crippen LogP contribution in [0.25, 0.3) is 5.69 Å². The third kappa shape index (κ3) is 1.00. The topological polar surface area (TPSA) is 61.9 Å². The zero-order valence-corrected chi connectivity index (χ0v) is 10.1. The van der Waals surface area contributed by atoms with Gasteiger partial charge in [0.15, 0.2) is 5.69 Å². The smallest absolute Gasteiger partial charge is 0.266 e. The maximum absolute atomic E-state index is 12.3. The predicted molar refractivity (Wildman–Crippen MR) is 64.6 cm³/mol. The second kappa shape index (κ2) is 3.21. The lowest BCUT2D eigenvalue weighted by atomic mass is 9.98. The number of nitrogens with zero attached hydrogens (tertiary/aromatic N) is 4. The maximum atomic E-state index is 12.3. The molecule has 1 saturated heterocycles. The van der Waals surface area contributed by atoms with E-state index in [4.69, 9.17) is 5.26 Å². The zero-order valence-electron chi connectivity index (χ0n) is 9.33. The molecule has 0 bridgehead atoms. The number of nitriles is 1. The van der Waals surface area contributed by atoms with Crippen LogP contribution in [0.15, 0.2) is 17.8 Å². The molecule has 0 aliphatic carbocycles. The zero-order chi connectivity index (χ0) is 12.3. The van der Waals surface area contributed by atoms with E-state index < -0.39 is 0 Å². The molecule has 1 amide bonds. The molecule has 0 radical (unpaired) electrons. The van der Waals surface area contributed by atoms with Crippen molar-refractivity contribution >= 4 is 17.2 Å². The average Bonchev–Trinajstić information content (AvgIpc) is 2.91. The molecule has 1 fully saturated rings. The molecule has 1 atom stereocenters. The summed E-state index contributed by atoms with van der Waals surface area (Å²) in [6, 6.07) is 4.04. The molecule has 0 N–H and O–H groups in total. The van der Waals surface area contributed by atoms with Gasteiger partial charge in [0.2, 0.25) is 0 Å². The van der Waals surface area contributed by atoms with Crippen molar-refractivity contribution in [1.29, 1.82) is 5.26 Å². The van der Waals surface area contributed by atoms with Crippen molar-refractivity contribution in [1.82, 2.24) is 14.5 Å². The third-order valence-corrected chi connectivity index (χ3v) is 4.50. The summed E-state index contributed by atoms with van der Waals surface area (Å²) in [5.41, 5.74) is 2.13. The fourth-order valence-electron chi connectivity index (χ4n) is 2.65. The van der Waals surface area contributed by atoms with Crippen molar-refractivity contribution in [2.24, 2.45) is 0 Å². The lowest BCUT2D eigenvalue weighted by molar-refractivity contribution is 0.0464. The Morgan fingerprint density at radius 2 is 2.44 bits per heavy atom. The summed E-state index contributed by atoms with van der Waals surface area (Å²) < 4.78 is 1.89. The lowest BCUT2D eigenvalue weighted by Crippen LogP contribution is -2.44. The van der Waals surface area contributed by atoms with Gasteiger partial charge in [-0.05, 0) is 17.9 Å². The minimum Gasteiger partial charge on any atom is -0.329 e. The largest absolute Gasteiger partial charge is 0.329 e. The summed E-state index contributed by atoms with van der Waals surface area (Å²) in [5.74, 6) is 0.0730.